The minimum Gasteiger partial charge on any atom is -0.393 e. The van der Waals surface area contributed by atoms with Gasteiger partial charge in [0, 0.05) is 0 Å². The Bertz CT molecular complexity index is 273. The summed E-state index contributed by atoms with van der Waals surface area (Å²) < 4.78 is 0. The molecule has 0 radical (unpaired) electrons. The van der Waals surface area contributed by atoms with E-state index < -0.39 is 0 Å². The van der Waals surface area contributed by atoms with Crippen molar-refractivity contribution in [2.45, 2.75) is 70.3 Å². The Balaban J connectivity index is 1.63. The summed E-state index contributed by atoms with van der Waals surface area (Å²) in [6.07, 6.45) is 14.1. The third-order valence-electron chi connectivity index (χ3n) is 6.60. The van der Waals surface area contributed by atoms with Crippen LogP contribution in [-0.2, 0) is 0 Å². The molecule has 1 N–H and O–H groups in total. The molecule has 0 spiro atoms. The lowest BCUT2D eigenvalue weighted by Gasteiger charge is -2.61. The highest BCUT2D eigenvalue weighted by Crippen LogP contribution is 2.64. The lowest BCUT2D eigenvalue weighted by molar-refractivity contribution is -0.127. The first-order valence-corrected chi connectivity index (χ1v) is 7.93. The van der Waals surface area contributed by atoms with E-state index in [1.807, 2.05) is 0 Å². The first kappa shape index (κ1) is 10.8. The van der Waals surface area contributed by atoms with Crippen LogP contribution in [0, 0.1) is 29.1 Å². The fourth-order valence-corrected chi connectivity index (χ4v) is 6.46. The van der Waals surface area contributed by atoms with Crippen LogP contribution in [0.15, 0.2) is 0 Å². The smallest absolute Gasteiger partial charge is 0.0573 e. The predicted molar refractivity (Wildman–Crippen MR) is 68.6 cm³/mol. The highest BCUT2D eigenvalue weighted by atomic mass is 16.3. The van der Waals surface area contributed by atoms with Crippen molar-refractivity contribution in [2.24, 2.45) is 29.1 Å². The largest absolute Gasteiger partial charge is 0.393 e. The van der Waals surface area contributed by atoms with Gasteiger partial charge in [0.1, 0.15) is 0 Å². The molecule has 5 rings (SSSR count). The van der Waals surface area contributed by atoms with Crippen molar-refractivity contribution in [1.82, 2.24) is 0 Å². The molecule has 0 aromatic heterocycles. The SMILES string of the molecule is OC1CCCCC1C12CC3CC(CC(C3)C1)C2. The van der Waals surface area contributed by atoms with Crippen molar-refractivity contribution in [1.29, 1.82) is 0 Å². The van der Waals surface area contributed by atoms with Crippen LogP contribution >= 0.6 is 0 Å². The molecule has 1 nitrogen and oxygen atoms in total. The Kier molecular flexibility index (Phi) is 2.38. The highest BCUT2D eigenvalue weighted by molar-refractivity contribution is 5.05. The van der Waals surface area contributed by atoms with Gasteiger partial charge in [-0.2, -0.15) is 0 Å². The molecule has 5 aliphatic rings. The molecule has 5 saturated carbocycles. The van der Waals surface area contributed by atoms with Gasteiger partial charge in [-0.25, -0.2) is 0 Å². The zero-order valence-electron chi connectivity index (χ0n) is 10.9. The number of aliphatic hydroxyl groups is 1. The molecule has 0 amide bonds. The van der Waals surface area contributed by atoms with Crippen LogP contribution in [0.5, 0.6) is 0 Å². The molecule has 17 heavy (non-hydrogen) atoms. The van der Waals surface area contributed by atoms with Crippen molar-refractivity contribution < 1.29 is 5.11 Å². The van der Waals surface area contributed by atoms with Crippen molar-refractivity contribution in [2.75, 3.05) is 0 Å². The van der Waals surface area contributed by atoms with E-state index in [0.29, 0.717) is 11.3 Å². The van der Waals surface area contributed by atoms with Crippen molar-refractivity contribution >= 4 is 0 Å². The van der Waals surface area contributed by atoms with Crippen LogP contribution in [0.4, 0.5) is 0 Å². The van der Waals surface area contributed by atoms with E-state index in [1.54, 1.807) is 0 Å². The molecule has 5 aliphatic carbocycles. The van der Waals surface area contributed by atoms with Crippen molar-refractivity contribution in [3.05, 3.63) is 0 Å². The molecule has 4 bridgehead atoms. The highest BCUT2D eigenvalue weighted by Gasteiger charge is 2.55. The van der Waals surface area contributed by atoms with E-state index in [2.05, 4.69) is 0 Å². The monoisotopic (exact) mass is 234 g/mol. The summed E-state index contributed by atoms with van der Waals surface area (Å²) >= 11 is 0. The summed E-state index contributed by atoms with van der Waals surface area (Å²) in [5.41, 5.74) is 0.592. The fourth-order valence-electron chi connectivity index (χ4n) is 6.46. The average molecular weight is 234 g/mol. The first-order valence-electron chi connectivity index (χ1n) is 7.93. The molecule has 0 aromatic rings. The summed E-state index contributed by atoms with van der Waals surface area (Å²) in [5, 5.41) is 10.4. The van der Waals surface area contributed by atoms with E-state index in [4.69, 9.17) is 0 Å². The van der Waals surface area contributed by atoms with E-state index in [-0.39, 0.29) is 6.10 Å². The second kappa shape index (κ2) is 3.73. The molecule has 0 heterocycles. The van der Waals surface area contributed by atoms with Crippen LogP contribution in [0.25, 0.3) is 0 Å². The Labute approximate surface area is 105 Å². The fraction of sp³-hybridized carbons (Fsp3) is 1.00. The molecule has 0 saturated heterocycles. The lowest BCUT2D eigenvalue weighted by Crippen LogP contribution is -2.52. The zero-order chi connectivity index (χ0) is 11.5. The summed E-state index contributed by atoms with van der Waals surface area (Å²) in [6, 6.07) is 0. The normalized spacial score (nSPS) is 57.4. The topological polar surface area (TPSA) is 20.2 Å². The lowest BCUT2D eigenvalue weighted by atomic mass is 9.45. The first-order chi connectivity index (χ1) is 8.25. The molecule has 0 aliphatic heterocycles. The maximum absolute atomic E-state index is 10.4. The minimum atomic E-state index is 0.0417. The Hall–Kier alpha value is -0.0400. The Morgan fingerprint density at radius 2 is 1.29 bits per heavy atom. The van der Waals surface area contributed by atoms with Gasteiger partial charge in [0.2, 0.25) is 0 Å². The van der Waals surface area contributed by atoms with Gasteiger partial charge in [-0.3, -0.25) is 0 Å². The maximum atomic E-state index is 10.4. The number of rotatable bonds is 1. The molecular formula is C16H26O. The standard InChI is InChI=1S/C16H26O/c17-15-4-2-1-3-14(15)16-8-11-5-12(9-16)7-13(6-11)10-16/h11-15,17H,1-10H2. The van der Waals surface area contributed by atoms with Crippen LogP contribution < -0.4 is 0 Å². The van der Waals surface area contributed by atoms with Crippen LogP contribution in [0.2, 0.25) is 0 Å². The van der Waals surface area contributed by atoms with Gasteiger partial charge < -0.3 is 5.11 Å². The third kappa shape index (κ3) is 1.61. The number of hydrogen-bond acceptors (Lipinski definition) is 1. The Morgan fingerprint density at radius 1 is 0.765 bits per heavy atom. The van der Waals surface area contributed by atoms with E-state index in [1.165, 1.54) is 57.8 Å². The summed E-state index contributed by atoms with van der Waals surface area (Å²) in [7, 11) is 0. The van der Waals surface area contributed by atoms with Gasteiger partial charge in [-0.1, -0.05) is 12.8 Å². The minimum absolute atomic E-state index is 0.0417. The van der Waals surface area contributed by atoms with Crippen molar-refractivity contribution in [3.8, 4) is 0 Å². The summed E-state index contributed by atoms with van der Waals surface area (Å²) in [5.74, 6) is 3.78. The predicted octanol–water partition coefficient (Wildman–Crippen LogP) is 3.75. The van der Waals surface area contributed by atoms with Crippen molar-refractivity contribution in [3.63, 3.8) is 0 Å². The third-order valence-corrected chi connectivity index (χ3v) is 6.60. The average Bonchev–Trinajstić information content (AvgIpc) is 2.27. The summed E-state index contributed by atoms with van der Waals surface area (Å²) in [4.78, 5) is 0. The molecule has 2 unspecified atom stereocenters. The number of hydrogen-bond donors (Lipinski definition) is 1. The second-order valence-electron chi connectivity index (χ2n) is 7.74. The van der Waals surface area contributed by atoms with Gasteiger partial charge in [-0.05, 0) is 80.5 Å². The van der Waals surface area contributed by atoms with Gasteiger partial charge in [0.25, 0.3) is 0 Å². The van der Waals surface area contributed by atoms with Gasteiger partial charge in [-0.15, -0.1) is 0 Å². The van der Waals surface area contributed by atoms with E-state index >= 15 is 0 Å². The van der Waals surface area contributed by atoms with Crippen LogP contribution in [0.1, 0.15) is 64.2 Å². The van der Waals surface area contributed by atoms with E-state index in [0.717, 1.165) is 24.2 Å². The molecule has 0 aromatic carbocycles. The molecule has 96 valence electrons. The van der Waals surface area contributed by atoms with Crippen LogP contribution in [0.3, 0.4) is 0 Å². The molecule has 1 heteroatoms. The van der Waals surface area contributed by atoms with Gasteiger partial charge in [0.15, 0.2) is 0 Å². The van der Waals surface area contributed by atoms with Gasteiger partial charge >= 0.3 is 0 Å². The summed E-state index contributed by atoms with van der Waals surface area (Å²) in [6.45, 7) is 0. The van der Waals surface area contributed by atoms with Crippen LogP contribution in [-0.4, -0.2) is 11.2 Å². The maximum Gasteiger partial charge on any atom is 0.0573 e. The molecule has 2 atom stereocenters. The number of aliphatic hydroxyl groups excluding tert-OH is 1. The zero-order valence-corrected chi connectivity index (χ0v) is 10.9. The molecular weight excluding hydrogens is 208 g/mol. The second-order valence-corrected chi connectivity index (χ2v) is 7.74. The van der Waals surface area contributed by atoms with E-state index in [9.17, 15) is 5.11 Å². The Morgan fingerprint density at radius 3 is 1.82 bits per heavy atom. The van der Waals surface area contributed by atoms with Gasteiger partial charge in [0.05, 0.1) is 6.10 Å². The molecule has 5 fully saturated rings. The quantitative estimate of drug-likeness (QED) is 0.732.